The summed E-state index contributed by atoms with van der Waals surface area (Å²) in [5.74, 6) is 1.47. The van der Waals surface area contributed by atoms with Crippen molar-refractivity contribution in [3.05, 3.63) is 29.8 Å². The molecule has 0 spiro atoms. The summed E-state index contributed by atoms with van der Waals surface area (Å²) in [6.07, 6.45) is 5.91. The molecule has 5 rings (SSSR count). The number of hydrogen-bond acceptors (Lipinski definition) is 4. The van der Waals surface area contributed by atoms with E-state index in [1.54, 1.807) is 0 Å². The molecule has 26 heavy (non-hydrogen) atoms. The molecule has 0 aromatic heterocycles. The van der Waals surface area contributed by atoms with Crippen LogP contribution in [0.3, 0.4) is 0 Å². The Morgan fingerprint density at radius 2 is 1.88 bits per heavy atom. The smallest absolute Gasteiger partial charge is 0.226 e. The zero-order valence-corrected chi connectivity index (χ0v) is 15.3. The first-order valence-electron chi connectivity index (χ1n) is 10.0. The van der Waals surface area contributed by atoms with Gasteiger partial charge in [-0.2, -0.15) is 0 Å². The number of fused-ring (bicyclic) bond motifs is 6. The van der Waals surface area contributed by atoms with Crippen LogP contribution in [0, 0.1) is 0 Å². The molecule has 1 N–H and O–H groups in total. The van der Waals surface area contributed by atoms with Crippen molar-refractivity contribution in [2.75, 3.05) is 19.8 Å². The number of carbonyl (C=O) groups excluding carboxylic acids is 1. The molecule has 1 aromatic rings. The molecule has 5 heteroatoms. The van der Waals surface area contributed by atoms with E-state index in [1.165, 1.54) is 5.56 Å². The van der Waals surface area contributed by atoms with Crippen molar-refractivity contribution >= 4 is 5.91 Å². The molecule has 2 bridgehead atoms. The van der Waals surface area contributed by atoms with Crippen LogP contribution >= 0.6 is 0 Å². The minimum atomic E-state index is -0.487. The Morgan fingerprint density at radius 3 is 2.73 bits per heavy atom. The standard InChI is InChI=1S/C21H29NO4/c23-19-5-3-12-22-18(19)14-26-16-9-7-15(8-10-16)17-4-1-2-6-20(17)25-13-11-21(22)24/h1-2,4,6,15-16,18-19,23H,3,5,7-14H2. The fraction of sp³-hybridized carbons (Fsp3) is 0.667. The lowest BCUT2D eigenvalue weighted by atomic mass is 9.82. The second kappa shape index (κ2) is 7.97. The summed E-state index contributed by atoms with van der Waals surface area (Å²) in [4.78, 5) is 14.5. The molecule has 1 aromatic carbocycles. The Bertz CT molecular complexity index is 626. The minimum absolute atomic E-state index is 0.0528. The van der Waals surface area contributed by atoms with Crippen molar-refractivity contribution in [3.63, 3.8) is 0 Å². The molecule has 4 aliphatic rings. The lowest BCUT2D eigenvalue weighted by Gasteiger charge is -2.40. The number of aliphatic hydroxyl groups excluding tert-OH is 1. The van der Waals surface area contributed by atoms with E-state index < -0.39 is 6.10 Å². The topological polar surface area (TPSA) is 59.0 Å². The van der Waals surface area contributed by atoms with Crippen molar-refractivity contribution < 1.29 is 19.4 Å². The third-order valence-corrected chi connectivity index (χ3v) is 6.17. The van der Waals surface area contributed by atoms with Gasteiger partial charge < -0.3 is 19.5 Å². The largest absolute Gasteiger partial charge is 0.493 e. The minimum Gasteiger partial charge on any atom is -0.493 e. The van der Waals surface area contributed by atoms with Crippen LogP contribution in [-0.2, 0) is 9.53 Å². The van der Waals surface area contributed by atoms with Crippen molar-refractivity contribution in [2.45, 2.75) is 69.1 Å². The summed E-state index contributed by atoms with van der Waals surface area (Å²) in [5, 5.41) is 10.4. The zero-order valence-electron chi connectivity index (χ0n) is 15.3. The molecule has 1 amide bonds. The summed E-state index contributed by atoms with van der Waals surface area (Å²) in [7, 11) is 0. The number of para-hydroxylation sites is 1. The van der Waals surface area contributed by atoms with Crippen molar-refractivity contribution in [1.29, 1.82) is 0 Å². The number of hydrogen-bond donors (Lipinski definition) is 1. The normalized spacial score (nSPS) is 33.0. The van der Waals surface area contributed by atoms with E-state index in [2.05, 4.69) is 12.1 Å². The molecule has 1 saturated carbocycles. The number of aliphatic hydroxyl groups is 1. The Morgan fingerprint density at radius 1 is 1.08 bits per heavy atom. The van der Waals surface area contributed by atoms with Gasteiger partial charge in [0.05, 0.1) is 37.9 Å². The van der Waals surface area contributed by atoms with Gasteiger partial charge in [-0.3, -0.25) is 4.79 Å². The number of nitrogens with zero attached hydrogens (tertiary/aromatic N) is 1. The highest BCUT2D eigenvalue weighted by Gasteiger charge is 2.35. The van der Waals surface area contributed by atoms with Crippen LogP contribution in [0.2, 0.25) is 0 Å². The van der Waals surface area contributed by atoms with Crippen LogP contribution in [0.1, 0.15) is 56.4 Å². The van der Waals surface area contributed by atoms with E-state index in [-0.39, 0.29) is 18.1 Å². The molecular formula is C21H29NO4. The zero-order chi connectivity index (χ0) is 17.9. The third-order valence-electron chi connectivity index (χ3n) is 6.17. The molecule has 1 saturated heterocycles. The molecule has 1 aliphatic carbocycles. The second-order valence-corrected chi connectivity index (χ2v) is 7.81. The van der Waals surface area contributed by atoms with Gasteiger partial charge in [-0.05, 0) is 56.1 Å². The molecule has 3 heterocycles. The van der Waals surface area contributed by atoms with Gasteiger partial charge in [0.2, 0.25) is 5.91 Å². The highest BCUT2D eigenvalue weighted by atomic mass is 16.5. The van der Waals surface area contributed by atoms with Crippen LogP contribution in [0.15, 0.2) is 24.3 Å². The molecular weight excluding hydrogens is 330 g/mol. The van der Waals surface area contributed by atoms with Gasteiger partial charge >= 0.3 is 0 Å². The number of carbonyl (C=O) groups is 1. The number of ether oxygens (including phenoxy) is 2. The summed E-state index contributed by atoms with van der Waals surface area (Å²) < 4.78 is 12.2. The highest BCUT2D eigenvalue weighted by Crippen LogP contribution is 2.38. The number of amides is 1. The fourth-order valence-corrected chi connectivity index (χ4v) is 4.66. The number of piperidine rings is 1. The molecule has 2 unspecified atom stereocenters. The van der Waals surface area contributed by atoms with Gasteiger partial charge in [0.15, 0.2) is 0 Å². The van der Waals surface area contributed by atoms with Crippen molar-refractivity contribution in [1.82, 2.24) is 4.90 Å². The molecule has 2 fully saturated rings. The molecule has 2 atom stereocenters. The summed E-state index contributed by atoms with van der Waals surface area (Å²) >= 11 is 0. The quantitative estimate of drug-likeness (QED) is 0.774. The fourth-order valence-electron chi connectivity index (χ4n) is 4.66. The lowest BCUT2D eigenvalue weighted by Crippen LogP contribution is -2.54. The van der Waals surface area contributed by atoms with Gasteiger partial charge in [-0.25, -0.2) is 0 Å². The van der Waals surface area contributed by atoms with Crippen LogP contribution in [-0.4, -0.2) is 53.9 Å². The number of benzene rings is 1. The Kier molecular flexibility index (Phi) is 5.46. The molecule has 0 radical (unpaired) electrons. The Balaban J connectivity index is 1.56. The molecule has 3 aliphatic heterocycles. The summed E-state index contributed by atoms with van der Waals surface area (Å²) in [6.45, 7) is 1.53. The summed E-state index contributed by atoms with van der Waals surface area (Å²) in [6, 6.07) is 8.02. The molecule has 142 valence electrons. The monoisotopic (exact) mass is 359 g/mol. The predicted octanol–water partition coefficient (Wildman–Crippen LogP) is 2.86. The first kappa shape index (κ1) is 17.8. The van der Waals surface area contributed by atoms with Gasteiger partial charge in [0, 0.05) is 6.54 Å². The maximum absolute atomic E-state index is 12.7. The average Bonchev–Trinajstić information content (AvgIpc) is 2.67. The van der Waals surface area contributed by atoms with E-state index in [4.69, 9.17) is 9.47 Å². The first-order valence-corrected chi connectivity index (χ1v) is 10.0. The van der Waals surface area contributed by atoms with Gasteiger partial charge in [0.1, 0.15) is 5.75 Å². The van der Waals surface area contributed by atoms with Crippen molar-refractivity contribution in [3.8, 4) is 5.75 Å². The van der Waals surface area contributed by atoms with Gasteiger partial charge in [-0.1, -0.05) is 18.2 Å². The average molecular weight is 359 g/mol. The van der Waals surface area contributed by atoms with E-state index in [9.17, 15) is 9.90 Å². The Labute approximate surface area is 155 Å². The second-order valence-electron chi connectivity index (χ2n) is 7.81. The summed E-state index contributed by atoms with van der Waals surface area (Å²) in [5.41, 5.74) is 1.27. The molecule has 5 nitrogen and oxygen atoms in total. The maximum Gasteiger partial charge on any atom is 0.226 e. The van der Waals surface area contributed by atoms with Crippen LogP contribution in [0.4, 0.5) is 0 Å². The predicted molar refractivity (Wildman–Crippen MR) is 98.2 cm³/mol. The SMILES string of the molecule is O=C1CCOc2ccccc2C2CCC(CC2)OCC2C(O)CCCN12. The van der Waals surface area contributed by atoms with Gasteiger partial charge in [0.25, 0.3) is 0 Å². The lowest BCUT2D eigenvalue weighted by molar-refractivity contribution is -0.144. The third kappa shape index (κ3) is 3.74. The van der Waals surface area contributed by atoms with E-state index in [1.807, 2.05) is 17.0 Å². The van der Waals surface area contributed by atoms with E-state index in [0.29, 0.717) is 32.1 Å². The number of rotatable bonds is 0. The van der Waals surface area contributed by atoms with E-state index >= 15 is 0 Å². The van der Waals surface area contributed by atoms with Crippen LogP contribution < -0.4 is 4.74 Å². The highest BCUT2D eigenvalue weighted by molar-refractivity contribution is 5.77. The first-order chi connectivity index (χ1) is 12.7. The van der Waals surface area contributed by atoms with E-state index in [0.717, 1.165) is 44.3 Å². The van der Waals surface area contributed by atoms with Crippen molar-refractivity contribution in [2.24, 2.45) is 0 Å². The van der Waals surface area contributed by atoms with Crippen LogP contribution in [0.5, 0.6) is 5.75 Å². The maximum atomic E-state index is 12.7. The van der Waals surface area contributed by atoms with Crippen LogP contribution in [0.25, 0.3) is 0 Å². The Hall–Kier alpha value is -1.59. The van der Waals surface area contributed by atoms with Gasteiger partial charge in [-0.15, -0.1) is 0 Å².